The van der Waals surface area contributed by atoms with Crippen molar-refractivity contribution in [1.29, 1.82) is 0 Å². The molecule has 3 N–H and O–H groups in total. The van der Waals surface area contributed by atoms with Crippen LogP contribution in [0, 0.1) is 21.4 Å². The third-order valence-electron chi connectivity index (χ3n) is 7.02. The predicted molar refractivity (Wildman–Crippen MR) is 124 cm³/mol. The van der Waals surface area contributed by atoms with Crippen molar-refractivity contribution in [3.8, 4) is 0 Å². The molecule has 1 aromatic carbocycles. The molecule has 1 fully saturated rings. The molecule has 1 saturated heterocycles. The van der Waals surface area contributed by atoms with Crippen molar-refractivity contribution >= 4 is 39.3 Å². The fourth-order valence-electron chi connectivity index (χ4n) is 5.56. The zero-order valence-electron chi connectivity index (χ0n) is 18.8. The maximum atomic E-state index is 13.0. The van der Waals surface area contributed by atoms with Crippen molar-refractivity contribution in [1.82, 2.24) is 14.3 Å². The van der Waals surface area contributed by atoms with Gasteiger partial charge in [0.2, 0.25) is 5.91 Å². The summed E-state index contributed by atoms with van der Waals surface area (Å²) in [6, 6.07) is 5.34. The number of nitrogens with zero attached hydrogens (tertiary/aromatic N) is 4. The van der Waals surface area contributed by atoms with Gasteiger partial charge in [0.05, 0.1) is 46.4 Å². The number of nitro groups is 1. The van der Waals surface area contributed by atoms with Crippen LogP contribution in [0.25, 0.3) is 10.4 Å². The standard InChI is InChI=1S/C23H22N4O7S/c1-11(29)16-20-23(2,7-12-3-5-13(6-4-12)27(33)34)17(18(22(31)32)26(20)21(16)30)19-14(9-28)25-10-24-8-15(25)35-19/h3-6,8,10-11,16,20,28-29H,7,9H2,1-2H3,(H,31,32)/t11-,16-,20-,23+/m1/s1. The van der Waals surface area contributed by atoms with Crippen LogP contribution < -0.4 is 0 Å². The molecule has 2 aromatic heterocycles. The van der Waals surface area contributed by atoms with Crippen LogP contribution in [0.4, 0.5) is 5.69 Å². The summed E-state index contributed by atoms with van der Waals surface area (Å²) in [5.41, 5.74) is 0.338. The van der Waals surface area contributed by atoms with Crippen molar-refractivity contribution in [3.63, 3.8) is 0 Å². The van der Waals surface area contributed by atoms with E-state index < -0.39 is 40.3 Å². The second-order valence-electron chi connectivity index (χ2n) is 9.10. The number of thiazole rings is 1. The van der Waals surface area contributed by atoms with Crippen LogP contribution in [0.2, 0.25) is 0 Å². The summed E-state index contributed by atoms with van der Waals surface area (Å²) in [4.78, 5) is 42.7. The SMILES string of the molecule is C[C@@H](O)[C@H]1C(=O)N2C(C(=O)O)=C(c3sc4cncn4c3CO)[C@](C)(Cc3ccc([N+](=O)[O-])cc3)[C@@H]12. The number of fused-ring (bicyclic) bond motifs is 2. The molecule has 1 amide bonds. The Hall–Kier alpha value is -3.61. The number of benzene rings is 1. The van der Waals surface area contributed by atoms with Crippen LogP contribution in [-0.2, 0) is 22.6 Å². The fraction of sp³-hybridized carbons (Fsp3) is 0.348. The second kappa shape index (κ2) is 7.97. The van der Waals surface area contributed by atoms with E-state index in [0.29, 0.717) is 26.5 Å². The lowest BCUT2D eigenvalue weighted by atomic mass is 9.64. The second-order valence-corrected chi connectivity index (χ2v) is 10.1. The summed E-state index contributed by atoms with van der Waals surface area (Å²) >= 11 is 1.26. The highest BCUT2D eigenvalue weighted by molar-refractivity contribution is 7.18. The van der Waals surface area contributed by atoms with Gasteiger partial charge in [0.1, 0.15) is 16.9 Å². The van der Waals surface area contributed by atoms with E-state index in [2.05, 4.69) is 4.98 Å². The number of aliphatic carboxylic acids is 1. The number of aliphatic hydroxyl groups excluding tert-OH is 2. The van der Waals surface area contributed by atoms with Gasteiger partial charge >= 0.3 is 5.97 Å². The predicted octanol–water partition coefficient (Wildman–Crippen LogP) is 2.06. The average Bonchev–Trinajstić information content (AvgIpc) is 3.42. The number of imidazole rings is 1. The molecule has 0 radical (unpaired) electrons. The highest BCUT2D eigenvalue weighted by atomic mass is 32.1. The maximum absolute atomic E-state index is 13.0. The van der Waals surface area contributed by atoms with Gasteiger partial charge in [-0.2, -0.15) is 0 Å². The van der Waals surface area contributed by atoms with E-state index in [4.69, 9.17) is 0 Å². The van der Waals surface area contributed by atoms with Crippen molar-refractivity contribution < 1.29 is 29.8 Å². The number of carboxylic acids is 1. The molecule has 0 saturated carbocycles. The smallest absolute Gasteiger partial charge is 0.352 e. The first kappa shape index (κ1) is 23.1. The number of carbonyl (C=O) groups excluding carboxylic acids is 1. The van der Waals surface area contributed by atoms with Gasteiger partial charge in [0, 0.05) is 23.1 Å². The monoisotopic (exact) mass is 498 g/mol. The van der Waals surface area contributed by atoms with Gasteiger partial charge in [0.15, 0.2) is 0 Å². The van der Waals surface area contributed by atoms with E-state index in [1.165, 1.54) is 41.6 Å². The van der Waals surface area contributed by atoms with Gasteiger partial charge in [-0.3, -0.25) is 19.3 Å². The van der Waals surface area contributed by atoms with E-state index in [0.717, 1.165) is 0 Å². The Morgan fingerprint density at radius 1 is 1.34 bits per heavy atom. The Morgan fingerprint density at radius 3 is 2.60 bits per heavy atom. The third-order valence-corrected chi connectivity index (χ3v) is 8.18. The largest absolute Gasteiger partial charge is 0.477 e. The van der Waals surface area contributed by atoms with Crippen molar-refractivity contribution in [2.75, 3.05) is 0 Å². The minimum absolute atomic E-state index is 0.0712. The van der Waals surface area contributed by atoms with Gasteiger partial charge in [-0.25, -0.2) is 9.78 Å². The molecule has 4 heterocycles. The van der Waals surface area contributed by atoms with Crippen LogP contribution in [0.5, 0.6) is 0 Å². The van der Waals surface area contributed by atoms with Crippen LogP contribution >= 0.6 is 11.3 Å². The average molecular weight is 499 g/mol. The first-order chi connectivity index (χ1) is 16.6. The van der Waals surface area contributed by atoms with Gasteiger partial charge in [-0.15, -0.1) is 11.3 Å². The molecule has 2 aliphatic heterocycles. The molecule has 0 spiro atoms. The highest BCUT2D eigenvalue weighted by Crippen LogP contribution is 2.60. The minimum Gasteiger partial charge on any atom is -0.477 e. The number of rotatable bonds is 7. The van der Waals surface area contributed by atoms with E-state index >= 15 is 0 Å². The molecule has 12 heteroatoms. The Kier molecular flexibility index (Phi) is 5.27. The van der Waals surface area contributed by atoms with E-state index in [1.807, 2.05) is 6.92 Å². The van der Waals surface area contributed by atoms with Gasteiger partial charge in [-0.05, 0) is 18.9 Å². The molecular weight excluding hydrogens is 476 g/mol. The Bertz CT molecular complexity index is 1410. The highest BCUT2D eigenvalue weighted by Gasteiger charge is 2.66. The third kappa shape index (κ3) is 3.21. The van der Waals surface area contributed by atoms with Crippen molar-refractivity contribution in [3.05, 3.63) is 68.7 Å². The van der Waals surface area contributed by atoms with E-state index in [1.54, 1.807) is 22.7 Å². The molecule has 4 atom stereocenters. The number of carboxylic acid groups (broad SMARTS) is 1. The lowest BCUT2D eigenvalue weighted by Crippen LogP contribution is -2.66. The molecule has 11 nitrogen and oxygen atoms in total. The lowest BCUT2D eigenvalue weighted by Gasteiger charge is -2.51. The summed E-state index contributed by atoms with van der Waals surface area (Å²) in [6.07, 6.45) is 2.39. The number of hydrogen-bond donors (Lipinski definition) is 3. The minimum atomic E-state index is -1.28. The molecule has 2 aliphatic rings. The van der Waals surface area contributed by atoms with Crippen molar-refractivity contribution in [2.45, 2.75) is 39.0 Å². The van der Waals surface area contributed by atoms with Crippen LogP contribution in [0.1, 0.15) is 30.0 Å². The molecule has 0 unspecified atom stereocenters. The van der Waals surface area contributed by atoms with Crippen LogP contribution in [0.15, 0.2) is 42.5 Å². The first-order valence-corrected chi connectivity index (χ1v) is 11.7. The number of nitro benzene ring substituents is 1. The summed E-state index contributed by atoms with van der Waals surface area (Å²) < 4.78 is 1.68. The normalized spacial score (nSPS) is 24.6. The molecule has 5 rings (SSSR count). The number of aromatic nitrogens is 2. The number of hydrogen-bond acceptors (Lipinski definition) is 8. The van der Waals surface area contributed by atoms with E-state index in [9.17, 15) is 35.0 Å². The maximum Gasteiger partial charge on any atom is 0.352 e. The molecule has 182 valence electrons. The fourth-order valence-corrected chi connectivity index (χ4v) is 6.85. The molecule has 35 heavy (non-hydrogen) atoms. The van der Waals surface area contributed by atoms with Crippen molar-refractivity contribution in [2.24, 2.45) is 11.3 Å². The number of non-ortho nitro benzene ring substituents is 1. The molecular formula is C23H22N4O7S. The van der Waals surface area contributed by atoms with Gasteiger partial charge in [-0.1, -0.05) is 19.1 Å². The topological polar surface area (TPSA) is 159 Å². The first-order valence-electron chi connectivity index (χ1n) is 10.9. The number of amides is 1. The molecule has 3 aromatic rings. The summed E-state index contributed by atoms with van der Waals surface area (Å²) in [7, 11) is 0. The zero-order valence-corrected chi connectivity index (χ0v) is 19.6. The summed E-state index contributed by atoms with van der Waals surface area (Å²) in [5.74, 6) is -2.56. The summed E-state index contributed by atoms with van der Waals surface area (Å²) in [5, 5.41) is 41.9. The lowest BCUT2D eigenvalue weighted by molar-refractivity contribution is -0.384. The zero-order chi connectivity index (χ0) is 25.2. The molecule has 0 bridgehead atoms. The quantitative estimate of drug-likeness (QED) is 0.254. The summed E-state index contributed by atoms with van der Waals surface area (Å²) in [6.45, 7) is 2.96. The molecule has 0 aliphatic carbocycles. The Labute approximate surface area is 202 Å². The number of aliphatic hydroxyl groups is 2. The number of carbonyl (C=O) groups is 2. The van der Waals surface area contributed by atoms with Crippen LogP contribution in [-0.4, -0.2) is 58.5 Å². The van der Waals surface area contributed by atoms with E-state index in [-0.39, 0.29) is 24.4 Å². The van der Waals surface area contributed by atoms with Gasteiger partial charge < -0.3 is 20.2 Å². The number of β-lactam (4-membered cyclic amide) rings is 1. The van der Waals surface area contributed by atoms with Crippen LogP contribution in [0.3, 0.4) is 0 Å². The Morgan fingerprint density at radius 2 is 2.03 bits per heavy atom. The Balaban J connectivity index is 1.73. The van der Waals surface area contributed by atoms with Gasteiger partial charge in [0.25, 0.3) is 5.69 Å².